The van der Waals surface area contributed by atoms with Gasteiger partial charge >= 0.3 is 0 Å². The van der Waals surface area contributed by atoms with Crippen LogP contribution >= 0.6 is 11.6 Å². The maximum atomic E-state index is 13.3. The lowest BCUT2D eigenvalue weighted by Crippen LogP contribution is -2.53. The highest BCUT2D eigenvalue weighted by Gasteiger charge is 2.70. The maximum absolute atomic E-state index is 13.3. The molecule has 3 aliphatic heterocycles. The van der Waals surface area contributed by atoms with E-state index in [0.717, 1.165) is 0 Å². The minimum atomic E-state index is -1.28. The number of hydrogen-bond acceptors (Lipinski definition) is 5. The minimum Gasteiger partial charge on any atom is -0.383 e. The fourth-order valence-electron chi connectivity index (χ4n) is 4.97. The Balaban J connectivity index is 1.84. The predicted octanol–water partition coefficient (Wildman–Crippen LogP) is 1.75. The average molecular weight is 406 g/mol. The van der Waals surface area contributed by atoms with Crippen LogP contribution < -0.4 is 10.6 Å². The van der Waals surface area contributed by atoms with Gasteiger partial charge in [0.05, 0.1) is 35.7 Å². The fraction of sp³-hybridized carbons (Fsp3) is 0.550. The molecule has 2 saturated heterocycles. The summed E-state index contributed by atoms with van der Waals surface area (Å²) in [6.45, 7) is 4.58. The summed E-state index contributed by atoms with van der Waals surface area (Å²) in [4.78, 5) is 41.0. The van der Waals surface area contributed by atoms with Crippen molar-refractivity contribution in [3.8, 4) is 0 Å². The molecule has 3 aliphatic rings. The van der Waals surface area contributed by atoms with Crippen molar-refractivity contribution in [1.82, 2.24) is 10.2 Å². The van der Waals surface area contributed by atoms with E-state index in [-0.39, 0.29) is 36.9 Å². The summed E-state index contributed by atoms with van der Waals surface area (Å²) in [5.74, 6) is -1.96. The molecule has 3 heterocycles. The summed E-state index contributed by atoms with van der Waals surface area (Å²) in [6, 6.07) is 4.99. The minimum absolute atomic E-state index is 0.190. The van der Waals surface area contributed by atoms with Crippen LogP contribution in [0.1, 0.15) is 25.8 Å². The number of benzene rings is 1. The number of carbonyl (C=O) groups excluding carboxylic acids is 3. The third kappa shape index (κ3) is 2.53. The van der Waals surface area contributed by atoms with E-state index in [0.29, 0.717) is 28.6 Å². The molecule has 3 amide bonds. The Bertz CT molecular complexity index is 858. The Morgan fingerprint density at radius 3 is 2.68 bits per heavy atom. The van der Waals surface area contributed by atoms with Gasteiger partial charge in [0, 0.05) is 18.7 Å². The van der Waals surface area contributed by atoms with E-state index in [9.17, 15) is 14.4 Å². The number of nitrogens with one attached hydrogen (secondary N) is 2. The van der Waals surface area contributed by atoms with Crippen molar-refractivity contribution in [2.45, 2.75) is 31.8 Å². The second kappa shape index (κ2) is 6.83. The summed E-state index contributed by atoms with van der Waals surface area (Å²) >= 11 is 6.30. The number of anilines is 1. The molecule has 0 aliphatic carbocycles. The van der Waals surface area contributed by atoms with Gasteiger partial charge in [0.1, 0.15) is 5.54 Å². The number of rotatable bonds is 5. The topological polar surface area (TPSA) is 87.7 Å². The van der Waals surface area contributed by atoms with Gasteiger partial charge in [0.15, 0.2) is 0 Å². The third-order valence-electron chi connectivity index (χ3n) is 6.03. The molecule has 4 rings (SSSR count). The standard InChI is InChI=1S/C20H24ClN3O4/c1-10(2)9-13-14-15(18(26)24(17(14)25)7-8-28-3)20(23-13)11-5-4-6-12(21)16(11)22-19(20)27/h4-6,10,13-15,23H,7-9H2,1-3H3,(H,22,27)/t13-,14+,15+,20+/m0/s1. The Hall–Kier alpha value is -1.96. The van der Waals surface area contributed by atoms with E-state index in [4.69, 9.17) is 16.3 Å². The molecule has 0 saturated carbocycles. The smallest absolute Gasteiger partial charge is 0.250 e. The number of ether oxygens (including phenoxy) is 1. The van der Waals surface area contributed by atoms with Gasteiger partial charge in [0.25, 0.3) is 0 Å². The van der Waals surface area contributed by atoms with Crippen LogP contribution in [-0.2, 0) is 24.7 Å². The molecule has 1 aromatic rings. The van der Waals surface area contributed by atoms with Crippen molar-refractivity contribution in [3.63, 3.8) is 0 Å². The predicted molar refractivity (Wildman–Crippen MR) is 104 cm³/mol. The highest BCUT2D eigenvalue weighted by molar-refractivity contribution is 6.35. The molecule has 2 fully saturated rings. The van der Waals surface area contributed by atoms with Crippen LogP contribution in [0.2, 0.25) is 5.02 Å². The molecule has 0 unspecified atom stereocenters. The number of hydrogen-bond donors (Lipinski definition) is 2. The van der Waals surface area contributed by atoms with Crippen molar-refractivity contribution >= 4 is 35.0 Å². The molecule has 4 atom stereocenters. The van der Waals surface area contributed by atoms with Crippen molar-refractivity contribution in [1.29, 1.82) is 0 Å². The number of imide groups is 1. The Kier molecular flexibility index (Phi) is 4.72. The molecular formula is C20H24ClN3O4. The van der Waals surface area contributed by atoms with E-state index in [2.05, 4.69) is 24.5 Å². The lowest BCUT2D eigenvalue weighted by Gasteiger charge is -2.29. The molecule has 0 bridgehead atoms. The van der Waals surface area contributed by atoms with E-state index in [1.54, 1.807) is 18.2 Å². The van der Waals surface area contributed by atoms with Crippen molar-refractivity contribution in [3.05, 3.63) is 28.8 Å². The number of methoxy groups -OCH3 is 1. The van der Waals surface area contributed by atoms with Gasteiger partial charge in [-0.1, -0.05) is 37.6 Å². The number of amides is 3. The first kappa shape index (κ1) is 19.4. The molecule has 0 radical (unpaired) electrons. The fourth-order valence-corrected chi connectivity index (χ4v) is 5.19. The first-order chi connectivity index (χ1) is 13.3. The molecule has 8 heteroatoms. The van der Waals surface area contributed by atoms with Gasteiger partial charge in [-0.2, -0.15) is 0 Å². The first-order valence-electron chi connectivity index (χ1n) is 9.55. The number of likely N-dealkylation sites (tertiary alicyclic amines) is 1. The van der Waals surface area contributed by atoms with E-state index < -0.39 is 17.4 Å². The normalized spacial score (nSPS) is 31.1. The second-order valence-corrected chi connectivity index (χ2v) is 8.54. The van der Waals surface area contributed by atoms with Gasteiger partial charge in [-0.25, -0.2) is 0 Å². The largest absolute Gasteiger partial charge is 0.383 e. The molecule has 0 aromatic heterocycles. The molecular weight excluding hydrogens is 382 g/mol. The highest BCUT2D eigenvalue weighted by Crippen LogP contribution is 2.54. The second-order valence-electron chi connectivity index (χ2n) is 8.13. The van der Waals surface area contributed by atoms with Crippen LogP contribution in [0.4, 0.5) is 5.69 Å². The van der Waals surface area contributed by atoms with Gasteiger partial charge in [-0.05, 0) is 18.4 Å². The van der Waals surface area contributed by atoms with Crippen LogP contribution in [-0.4, -0.2) is 48.9 Å². The van der Waals surface area contributed by atoms with Gasteiger partial charge < -0.3 is 10.1 Å². The van der Waals surface area contributed by atoms with Crippen LogP contribution in [0.3, 0.4) is 0 Å². The Morgan fingerprint density at radius 1 is 1.25 bits per heavy atom. The quantitative estimate of drug-likeness (QED) is 0.729. The average Bonchev–Trinajstić information content (AvgIpc) is 3.20. The van der Waals surface area contributed by atoms with E-state index in [1.165, 1.54) is 12.0 Å². The SMILES string of the molecule is COCCN1C(=O)[C@@H]2[C@H](CC(C)C)N[C@@]3(C(=O)Nc4c(Cl)cccc43)[C@H]2C1=O. The zero-order chi connectivity index (χ0) is 20.2. The summed E-state index contributed by atoms with van der Waals surface area (Å²) < 4.78 is 5.07. The number of nitrogens with zero attached hydrogens (tertiary/aromatic N) is 1. The van der Waals surface area contributed by atoms with Crippen LogP contribution in [0.25, 0.3) is 0 Å². The highest BCUT2D eigenvalue weighted by atomic mass is 35.5. The van der Waals surface area contributed by atoms with Crippen LogP contribution in [0.5, 0.6) is 0 Å². The Morgan fingerprint density at radius 2 is 2.00 bits per heavy atom. The van der Waals surface area contributed by atoms with Gasteiger partial charge in [-0.15, -0.1) is 0 Å². The Labute approximate surface area is 168 Å². The van der Waals surface area contributed by atoms with Crippen molar-refractivity contribution < 1.29 is 19.1 Å². The monoisotopic (exact) mass is 405 g/mol. The molecule has 7 nitrogen and oxygen atoms in total. The zero-order valence-corrected chi connectivity index (χ0v) is 16.9. The molecule has 2 N–H and O–H groups in total. The van der Waals surface area contributed by atoms with Crippen molar-refractivity contribution in [2.75, 3.05) is 25.6 Å². The van der Waals surface area contributed by atoms with Gasteiger partial charge in [0.2, 0.25) is 17.7 Å². The number of carbonyl (C=O) groups is 3. The first-order valence-corrected chi connectivity index (χ1v) is 9.93. The maximum Gasteiger partial charge on any atom is 0.250 e. The lowest BCUT2D eigenvalue weighted by atomic mass is 9.76. The molecule has 28 heavy (non-hydrogen) atoms. The number of para-hydroxylation sites is 1. The molecule has 1 aromatic carbocycles. The summed E-state index contributed by atoms with van der Waals surface area (Å²) in [5.41, 5.74) is -0.124. The van der Waals surface area contributed by atoms with Crippen LogP contribution in [0, 0.1) is 17.8 Å². The zero-order valence-electron chi connectivity index (χ0n) is 16.1. The third-order valence-corrected chi connectivity index (χ3v) is 6.35. The number of halogens is 1. The van der Waals surface area contributed by atoms with Gasteiger partial charge in [-0.3, -0.25) is 24.6 Å². The lowest BCUT2D eigenvalue weighted by molar-refractivity contribution is -0.143. The van der Waals surface area contributed by atoms with E-state index in [1.807, 2.05) is 0 Å². The summed E-state index contributed by atoms with van der Waals surface area (Å²) in [6.07, 6.45) is 0.684. The molecule has 150 valence electrons. The summed E-state index contributed by atoms with van der Waals surface area (Å²) in [7, 11) is 1.53. The van der Waals surface area contributed by atoms with E-state index >= 15 is 0 Å². The van der Waals surface area contributed by atoms with Crippen LogP contribution in [0.15, 0.2) is 18.2 Å². The molecule has 1 spiro atoms. The van der Waals surface area contributed by atoms with Crippen molar-refractivity contribution in [2.24, 2.45) is 17.8 Å². The summed E-state index contributed by atoms with van der Waals surface area (Å²) in [5, 5.41) is 6.66. The number of fused-ring (bicyclic) bond motifs is 4.